The second-order valence-corrected chi connectivity index (χ2v) is 5.31. The molecule has 1 fully saturated rings. The Morgan fingerprint density at radius 1 is 1.56 bits per heavy atom. The van der Waals surface area contributed by atoms with E-state index in [9.17, 15) is 4.79 Å². The van der Waals surface area contributed by atoms with E-state index in [4.69, 9.17) is 9.47 Å². The molecule has 4 nitrogen and oxygen atoms in total. The maximum Gasteiger partial charge on any atom is 0.223 e. The van der Waals surface area contributed by atoms with E-state index in [1.54, 1.807) is 7.11 Å². The van der Waals surface area contributed by atoms with Gasteiger partial charge in [0.2, 0.25) is 5.91 Å². The normalized spacial score (nSPS) is 19.4. The minimum Gasteiger partial charge on any atom is -0.384 e. The van der Waals surface area contributed by atoms with Gasteiger partial charge >= 0.3 is 0 Å². The van der Waals surface area contributed by atoms with E-state index >= 15 is 0 Å². The first-order valence-electron chi connectivity index (χ1n) is 5.72. The number of hydrogen-bond donors (Lipinski definition) is 1. The van der Waals surface area contributed by atoms with Crippen LogP contribution in [0.3, 0.4) is 0 Å². The molecular weight excluding hydrogens is 274 g/mol. The highest BCUT2D eigenvalue weighted by atomic mass is 79.9. The van der Waals surface area contributed by atoms with Gasteiger partial charge in [0.15, 0.2) is 0 Å². The fourth-order valence-electron chi connectivity index (χ4n) is 1.72. The minimum atomic E-state index is 0.143. The molecular formula is C11H20BrNO3. The van der Waals surface area contributed by atoms with Gasteiger partial charge in [0, 0.05) is 37.6 Å². The van der Waals surface area contributed by atoms with Crippen LogP contribution >= 0.6 is 15.9 Å². The summed E-state index contributed by atoms with van der Waals surface area (Å²) in [4.78, 5) is 12.0. The summed E-state index contributed by atoms with van der Waals surface area (Å²) < 4.78 is 10.2. The zero-order chi connectivity index (χ0) is 11.8. The number of ether oxygens (including phenoxy) is 2. The first-order valence-corrected chi connectivity index (χ1v) is 6.64. The van der Waals surface area contributed by atoms with Gasteiger partial charge in [0.1, 0.15) is 0 Å². The van der Waals surface area contributed by atoms with Gasteiger partial charge in [-0.15, -0.1) is 0 Å². The lowest BCUT2D eigenvalue weighted by Gasteiger charge is -2.21. The summed E-state index contributed by atoms with van der Waals surface area (Å²) in [5.41, 5.74) is 0. The molecule has 5 heteroatoms. The number of carbonyl (C=O) groups is 1. The van der Waals surface area contributed by atoms with Crippen molar-refractivity contribution in [2.24, 2.45) is 5.92 Å². The van der Waals surface area contributed by atoms with Gasteiger partial charge < -0.3 is 14.8 Å². The van der Waals surface area contributed by atoms with Crippen molar-refractivity contribution in [3.63, 3.8) is 0 Å². The molecule has 1 N–H and O–H groups in total. The fourth-order valence-corrected chi connectivity index (χ4v) is 2.21. The van der Waals surface area contributed by atoms with Gasteiger partial charge in [0.25, 0.3) is 0 Å². The van der Waals surface area contributed by atoms with Crippen molar-refractivity contribution in [1.82, 2.24) is 5.32 Å². The smallest absolute Gasteiger partial charge is 0.223 e. The molecule has 1 heterocycles. The predicted octanol–water partition coefficient (Wildman–Crippen LogP) is 1.33. The summed E-state index contributed by atoms with van der Waals surface area (Å²) in [6, 6.07) is 0. The van der Waals surface area contributed by atoms with Crippen LogP contribution in [0.25, 0.3) is 0 Å². The Kier molecular flexibility index (Phi) is 7.00. The first kappa shape index (κ1) is 13.9. The van der Waals surface area contributed by atoms with Gasteiger partial charge in [-0.2, -0.15) is 0 Å². The van der Waals surface area contributed by atoms with Crippen molar-refractivity contribution in [3.8, 4) is 0 Å². The van der Waals surface area contributed by atoms with Crippen molar-refractivity contribution in [3.05, 3.63) is 0 Å². The molecule has 1 atom stereocenters. The molecule has 0 saturated carbocycles. The lowest BCUT2D eigenvalue weighted by Crippen LogP contribution is -2.35. The molecule has 16 heavy (non-hydrogen) atoms. The van der Waals surface area contributed by atoms with E-state index in [-0.39, 0.29) is 11.8 Å². The number of rotatable bonds is 6. The van der Waals surface area contributed by atoms with Crippen LogP contribution in [0, 0.1) is 5.92 Å². The van der Waals surface area contributed by atoms with Crippen LogP contribution in [0.15, 0.2) is 0 Å². The number of alkyl halides is 1. The lowest BCUT2D eigenvalue weighted by molar-refractivity contribution is -0.127. The number of hydrogen-bond acceptors (Lipinski definition) is 3. The fraction of sp³-hybridized carbons (Fsp3) is 0.909. The molecule has 0 aromatic heterocycles. The molecule has 0 bridgehead atoms. The molecule has 0 aromatic rings. The number of amides is 1. The quantitative estimate of drug-likeness (QED) is 0.752. The third-order valence-corrected chi connectivity index (χ3v) is 3.42. The zero-order valence-corrected chi connectivity index (χ0v) is 11.3. The highest BCUT2D eigenvalue weighted by Gasteiger charge is 2.21. The monoisotopic (exact) mass is 293 g/mol. The van der Waals surface area contributed by atoms with Crippen molar-refractivity contribution < 1.29 is 14.3 Å². The molecule has 1 rings (SSSR count). The number of carbonyl (C=O) groups excluding carboxylic acids is 1. The number of methoxy groups -OCH3 is 1. The Bertz CT molecular complexity index is 207. The Balaban J connectivity index is 2.09. The maximum atomic E-state index is 11.7. The van der Waals surface area contributed by atoms with Crippen molar-refractivity contribution >= 4 is 21.8 Å². The Hall–Kier alpha value is -0.130. The van der Waals surface area contributed by atoms with Gasteiger partial charge in [-0.05, 0) is 19.3 Å². The molecule has 0 radical (unpaired) electrons. The largest absolute Gasteiger partial charge is 0.384 e. The summed E-state index contributed by atoms with van der Waals surface area (Å²) in [6.07, 6.45) is 2.59. The number of halogens is 1. The van der Waals surface area contributed by atoms with Crippen LogP contribution in [0.2, 0.25) is 0 Å². The highest BCUT2D eigenvalue weighted by molar-refractivity contribution is 9.09. The van der Waals surface area contributed by atoms with Gasteiger partial charge in [-0.3, -0.25) is 4.79 Å². The molecule has 94 valence electrons. The molecule has 1 unspecified atom stereocenters. The Labute approximate surface area is 105 Å². The molecule has 0 aliphatic carbocycles. The molecule has 0 spiro atoms. The van der Waals surface area contributed by atoms with Crippen LogP contribution in [-0.2, 0) is 14.3 Å². The SMILES string of the molecule is COCC(Br)CCNC(=O)C1CCOCC1. The lowest BCUT2D eigenvalue weighted by atomic mass is 9.99. The van der Waals surface area contributed by atoms with Crippen LogP contribution in [0.4, 0.5) is 0 Å². The third-order valence-electron chi connectivity index (χ3n) is 2.70. The second-order valence-electron chi connectivity index (χ2n) is 4.02. The van der Waals surface area contributed by atoms with Gasteiger partial charge in [0.05, 0.1) is 6.61 Å². The first-order chi connectivity index (χ1) is 7.74. The maximum absolute atomic E-state index is 11.7. The van der Waals surface area contributed by atoms with Gasteiger partial charge in [-0.1, -0.05) is 15.9 Å². The van der Waals surface area contributed by atoms with E-state index in [1.165, 1.54) is 0 Å². The van der Waals surface area contributed by atoms with E-state index in [0.29, 0.717) is 31.2 Å². The Morgan fingerprint density at radius 2 is 2.25 bits per heavy atom. The van der Waals surface area contributed by atoms with Gasteiger partial charge in [-0.25, -0.2) is 0 Å². The van der Waals surface area contributed by atoms with Crippen LogP contribution in [-0.4, -0.2) is 44.2 Å². The summed E-state index contributed by atoms with van der Waals surface area (Å²) in [5.74, 6) is 0.311. The van der Waals surface area contributed by atoms with E-state index in [0.717, 1.165) is 19.3 Å². The standard InChI is InChI=1S/C11H20BrNO3/c1-15-8-10(12)2-5-13-11(14)9-3-6-16-7-4-9/h9-10H,2-8H2,1H3,(H,13,14). The van der Waals surface area contributed by atoms with Crippen molar-refractivity contribution in [2.75, 3.05) is 33.5 Å². The van der Waals surface area contributed by atoms with Crippen LogP contribution in [0.5, 0.6) is 0 Å². The van der Waals surface area contributed by atoms with Crippen LogP contribution in [0.1, 0.15) is 19.3 Å². The summed E-state index contributed by atoms with van der Waals surface area (Å²) in [6.45, 7) is 2.80. The summed E-state index contributed by atoms with van der Waals surface area (Å²) in [5, 5.41) is 2.96. The molecule has 0 aromatic carbocycles. The average Bonchev–Trinajstić information content (AvgIpc) is 2.30. The Morgan fingerprint density at radius 3 is 2.88 bits per heavy atom. The zero-order valence-electron chi connectivity index (χ0n) is 9.71. The van der Waals surface area contributed by atoms with Crippen molar-refractivity contribution in [2.45, 2.75) is 24.1 Å². The molecule has 1 amide bonds. The van der Waals surface area contributed by atoms with Crippen LogP contribution < -0.4 is 5.32 Å². The summed E-state index contributed by atoms with van der Waals surface area (Å²) in [7, 11) is 1.68. The summed E-state index contributed by atoms with van der Waals surface area (Å²) >= 11 is 3.49. The van der Waals surface area contributed by atoms with E-state index in [2.05, 4.69) is 21.2 Å². The molecule has 1 saturated heterocycles. The highest BCUT2D eigenvalue weighted by Crippen LogP contribution is 2.14. The molecule has 1 aliphatic rings. The minimum absolute atomic E-state index is 0.143. The average molecular weight is 294 g/mol. The predicted molar refractivity (Wildman–Crippen MR) is 65.8 cm³/mol. The topological polar surface area (TPSA) is 47.6 Å². The van der Waals surface area contributed by atoms with E-state index in [1.807, 2.05) is 0 Å². The number of nitrogens with one attached hydrogen (secondary N) is 1. The third kappa shape index (κ3) is 5.27. The van der Waals surface area contributed by atoms with E-state index < -0.39 is 0 Å². The van der Waals surface area contributed by atoms with Crippen molar-refractivity contribution in [1.29, 1.82) is 0 Å². The molecule has 1 aliphatic heterocycles. The second kappa shape index (κ2) is 8.03.